The zero-order valence-corrected chi connectivity index (χ0v) is 13.1. The Morgan fingerprint density at radius 3 is 2.73 bits per heavy atom. The molecule has 1 amide bonds. The van der Waals surface area contributed by atoms with E-state index < -0.39 is 16.1 Å². The highest BCUT2D eigenvalue weighted by atomic mass is 32.2. The second-order valence-electron chi connectivity index (χ2n) is 5.84. The Hall–Kier alpha value is -1.60. The van der Waals surface area contributed by atoms with Crippen molar-refractivity contribution in [1.82, 2.24) is 4.90 Å². The van der Waals surface area contributed by atoms with Gasteiger partial charge in [0.15, 0.2) is 0 Å². The molecule has 1 N–H and O–H groups in total. The molecule has 22 heavy (non-hydrogen) atoms. The van der Waals surface area contributed by atoms with Crippen molar-refractivity contribution in [1.29, 1.82) is 0 Å². The lowest BCUT2D eigenvalue weighted by Gasteiger charge is -2.30. The highest BCUT2D eigenvalue weighted by Crippen LogP contribution is 2.25. The van der Waals surface area contributed by atoms with Crippen molar-refractivity contribution < 1.29 is 18.3 Å². The van der Waals surface area contributed by atoms with Crippen LogP contribution in [0.5, 0.6) is 0 Å². The summed E-state index contributed by atoms with van der Waals surface area (Å²) >= 11 is 0. The summed E-state index contributed by atoms with van der Waals surface area (Å²) in [7, 11) is -3.25. The van der Waals surface area contributed by atoms with Crippen LogP contribution in [0.25, 0.3) is 0 Å². The van der Waals surface area contributed by atoms with Gasteiger partial charge in [-0.25, -0.2) is 8.42 Å². The van der Waals surface area contributed by atoms with E-state index in [2.05, 4.69) is 0 Å². The maximum Gasteiger partial charge on any atom is 0.254 e. The second-order valence-corrected chi connectivity index (χ2v) is 7.85. The van der Waals surface area contributed by atoms with Crippen molar-refractivity contribution >= 4 is 21.6 Å². The lowest BCUT2D eigenvalue weighted by molar-refractivity contribution is 0.0474. The maximum atomic E-state index is 12.5. The second kappa shape index (κ2) is 5.89. The van der Waals surface area contributed by atoms with Gasteiger partial charge in [-0.15, -0.1) is 0 Å². The average Bonchev–Trinajstić information content (AvgIpc) is 2.86. The van der Waals surface area contributed by atoms with Crippen LogP contribution in [0.1, 0.15) is 29.6 Å². The smallest absolute Gasteiger partial charge is 0.254 e. The van der Waals surface area contributed by atoms with Gasteiger partial charge in [0.05, 0.1) is 17.5 Å². The summed E-state index contributed by atoms with van der Waals surface area (Å²) in [5.41, 5.74) is 1.01. The fourth-order valence-electron chi connectivity index (χ4n) is 3.05. The number of rotatable bonds is 2. The Bertz CT molecular complexity index is 674. The number of hydrogen-bond acceptors (Lipinski definition) is 4. The first kappa shape index (κ1) is 15.3. The number of piperidine rings is 1. The van der Waals surface area contributed by atoms with Crippen LogP contribution in [-0.2, 0) is 10.0 Å². The van der Waals surface area contributed by atoms with Crippen LogP contribution < -0.4 is 4.31 Å². The first-order valence-electron chi connectivity index (χ1n) is 7.55. The average molecular weight is 324 g/mol. The molecule has 0 aliphatic carbocycles. The minimum absolute atomic E-state index is 0.155. The van der Waals surface area contributed by atoms with E-state index in [4.69, 9.17) is 0 Å². The van der Waals surface area contributed by atoms with Crippen molar-refractivity contribution in [2.24, 2.45) is 0 Å². The zero-order valence-electron chi connectivity index (χ0n) is 12.3. The summed E-state index contributed by atoms with van der Waals surface area (Å²) in [6, 6.07) is 6.74. The topological polar surface area (TPSA) is 77.9 Å². The molecule has 2 aliphatic heterocycles. The molecule has 2 heterocycles. The summed E-state index contributed by atoms with van der Waals surface area (Å²) in [5, 5.41) is 9.69. The standard InChI is InChI=1S/C15H20N2O4S/c18-14-6-2-7-16(11-14)15(19)12-4-1-5-13(10-12)17-8-3-9-22(17,20)21/h1,4-5,10,14,18H,2-3,6-9,11H2. The van der Waals surface area contributed by atoms with E-state index in [0.29, 0.717) is 37.3 Å². The number of aliphatic hydroxyl groups excluding tert-OH is 1. The number of hydrogen-bond donors (Lipinski definition) is 1. The Balaban J connectivity index is 1.83. The molecule has 0 radical (unpaired) electrons. The zero-order chi connectivity index (χ0) is 15.7. The van der Waals surface area contributed by atoms with Gasteiger partial charge in [-0.2, -0.15) is 0 Å². The molecule has 0 spiro atoms. The van der Waals surface area contributed by atoms with Gasteiger partial charge in [0.25, 0.3) is 5.91 Å². The number of likely N-dealkylation sites (tertiary alicyclic amines) is 1. The van der Waals surface area contributed by atoms with Gasteiger partial charge in [-0.3, -0.25) is 9.10 Å². The van der Waals surface area contributed by atoms with Gasteiger partial charge in [0.2, 0.25) is 10.0 Å². The molecule has 1 atom stereocenters. The normalized spacial score (nSPS) is 24.5. The predicted octanol–water partition coefficient (Wildman–Crippen LogP) is 0.823. The van der Waals surface area contributed by atoms with Crippen molar-refractivity contribution in [2.75, 3.05) is 29.7 Å². The van der Waals surface area contributed by atoms with Gasteiger partial charge >= 0.3 is 0 Å². The molecular formula is C15H20N2O4S. The summed E-state index contributed by atoms with van der Waals surface area (Å²) < 4.78 is 25.3. The van der Waals surface area contributed by atoms with Crippen LogP contribution >= 0.6 is 0 Å². The fourth-order valence-corrected chi connectivity index (χ4v) is 4.60. The van der Waals surface area contributed by atoms with Crippen molar-refractivity contribution in [3.8, 4) is 0 Å². The van der Waals surface area contributed by atoms with Crippen molar-refractivity contribution in [3.05, 3.63) is 29.8 Å². The monoisotopic (exact) mass is 324 g/mol. The Morgan fingerprint density at radius 1 is 1.23 bits per heavy atom. The maximum absolute atomic E-state index is 12.5. The van der Waals surface area contributed by atoms with Gasteiger partial charge in [-0.05, 0) is 37.5 Å². The Kier molecular flexibility index (Phi) is 4.10. The highest BCUT2D eigenvalue weighted by molar-refractivity contribution is 7.93. The number of nitrogens with zero attached hydrogens (tertiary/aromatic N) is 2. The minimum atomic E-state index is -3.25. The third-order valence-corrected chi connectivity index (χ3v) is 6.03. The largest absolute Gasteiger partial charge is 0.391 e. The van der Waals surface area contributed by atoms with Crippen molar-refractivity contribution in [2.45, 2.75) is 25.4 Å². The third kappa shape index (κ3) is 2.96. The molecule has 2 fully saturated rings. The fraction of sp³-hybridized carbons (Fsp3) is 0.533. The first-order chi connectivity index (χ1) is 10.5. The molecule has 7 heteroatoms. The van der Waals surface area contributed by atoms with E-state index in [9.17, 15) is 18.3 Å². The highest BCUT2D eigenvalue weighted by Gasteiger charge is 2.29. The molecule has 0 saturated carbocycles. The SMILES string of the molecule is O=C(c1cccc(N2CCCS2(=O)=O)c1)N1CCCC(O)C1. The van der Waals surface area contributed by atoms with Gasteiger partial charge in [0, 0.05) is 25.2 Å². The molecule has 1 unspecified atom stereocenters. The van der Waals surface area contributed by atoms with Gasteiger partial charge in [0.1, 0.15) is 0 Å². The minimum Gasteiger partial charge on any atom is -0.391 e. The van der Waals surface area contributed by atoms with E-state index in [1.165, 1.54) is 4.31 Å². The summed E-state index contributed by atoms with van der Waals surface area (Å²) in [4.78, 5) is 14.2. The Labute approximate surface area is 130 Å². The molecule has 2 aliphatic rings. The van der Waals surface area contributed by atoms with E-state index in [1.54, 1.807) is 29.2 Å². The molecule has 0 aromatic heterocycles. The molecule has 3 rings (SSSR count). The quantitative estimate of drug-likeness (QED) is 0.874. The van der Waals surface area contributed by atoms with E-state index in [1.807, 2.05) is 0 Å². The Morgan fingerprint density at radius 2 is 2.05 bits per heavy atom. The first-order valence-corrected chi connectivity index (χ1v) is 9.16. The van der Waals surface area contributed by atoms with Crippen LogP contribution in [0.15, 0.2) is 24.3 Å². The summed E-state index contributed by atoms with van der Waals surface area (Å²) in [6.07, 6.45) is 1.64. The molecule has 6 nitrogen and oxygen atoms in total. The number of amides is 1. The third-order valence-electron chi connectivity index (χ3n) is 4.16. The van der Waals surface area contributed by atoms with E-state index in [0.717, 1.165) is 12.8 Å². The number of carbonyl (C=O) groups excluding carboxylic acids is 1. The number of carbonyl (C=O) groups is 1. The van der Waals surface area contributed by atoms with Crippen LogP contribution in [0.4, 0.5) is 5.69 Å². The summed E-state index contributed by atoms with van der Waals surface area (Å²) in [6.45, 7) is 1.43. The van der Waals surface area contributed by atoms with Gasteiger partial charge < -0.3 is 10.0 Å². The lowest BCUT2D eigenvalue weighted by atomic mass is 10.1. The number of aliphatic hydroxyl groups is 1. The molecule has 1 aromatic rings. The van der Waals surface area contributed by atoms with E-state index >= 15 is 0 Å². The molecule has 120 valence electrons. The number of benzene rings is 1. The molecule has 2 saturated heterocycles. The predicted molar refractivity (Wildman–Crippen MR) is 83.3 cm³/mol. The van der Waals surface area contributed by atoms with Crippen LogP contribution in [0, 0.1) is 0 Å². The lowest BCUT2D eigenvalue weighted by Crippen LogP contribution is -2.42. The summed E-state index contributed by atoms with van der Waals surface area (Å²) in [5.74, 6) is 0.000866. The van der Waals surface area contributed by atoms with Crippen LogP contribution in [-0.4, -0.2) is 55.8 Å². The van der Waals surface area contributed by atoms with Crippen LogP contribution in [0.3, 0.4) is 0 Å². The van der Waals surface area contributed by atoms with E-state index in [-0.39, 0.29) is 11.7 Å². The number of β-amino-alcohol motifs (C(OH)–C–C–N with tert-alkyl or cyclic N) is 1. The van der Waals surface area contributed by atoms with Gasteiger partial charge in [-0.1, -0.05) is 6.07 Å². The molecular weight excluding hydrogens is 304 g/mol. The van der Waals surface area contributed by atoms with Crippen molar-refractivity contribution in [3.63, 3.8) is 0 Å². The van der Waals surface area contributed by atoms with Crippen LogP contribution in [0.2, 0.25) is 0 Å². The number of sulfonamides is 1. The molecule has 1 aromatic carbocycles. The molecule has 0 bridgehead atoms. The number of anilines is 1.